The molecule has 2 atom stereocenters. The number of halogens is 1. The first-order valence-corrected chi connectivity index (χ1v) is 9.68. The van der Waals surface area contributed by atoms with E-state index in [0.29, 0.717) is 24.3 Å². The molecule has 1 unspecified atom stereocenters. The van der Waals surface area contributed by atoms with Crippen molar-refractivity contribution in [3.05, 3.63) is 28.3 Å². The second-order valence-electron chi connectivity index (χ2n) is 7.82. The highest BCUT2D eigenvalue weighted by Crippen LogP contribution is 2.45. The summed E-state index contributed by atoms with van der Waals surface area (Å²) in [6.45, 7) is 3.18. The van der Waals surface area contributed by atoms with Crippen molar-refractivity contribution < 1.29 is 23.8 Å². The van der Waals surface area contributed by atoms with Crippen LogP contribution in [0.5, 0.6) is 11.5 Å². The molecule has 2 fully saturated rings. The molecule has 2 heterocycles. The standard InChI is InChI=1S/C20H24FN3O5/c1-10(22)11-5-6-23(8-11)17-14(21)7-13-16(19(17)28-2)24(12-3-4-12)9-15(18(13)25)29-20(26)27/h7,9-12H,3-6,8,22H2,1-2H3,(H,26,27)/t10?,11-/m1/s1. The maximum absolute atomic E-state index is 15.2. The monoisotopic (exact) mass is 405 g/mol. The van der Waals surface area contributed by atoms with Gasteiger partial charge in [0.05, 0.1) is 24.2 Å². The van der Waals surface area contributed by atoms with Crippen molar-refractivity contribution in [2.45, 2.75) is 38.3 Å². The van der Waals surface area contributed by atoms with Crippen LogP contribution in [-0.4, -0.2) is 42.1 Å². The number of rotatable bonds is 5. The molecule has 29 heavy (non-hydrogen) atoms. The van der Waals surface area contributed by atoms with Crippen LogP contribution in [0.25, 0.3) is 10.9 Å². The molecular formula is C20H24FN3O5. The predicted octanol–water partition coefficient (Wildman–Crippen LogP) is 2.71. The molecule has 1 aromatic heterocycles. The van der Waals surface area contributed by atoms with E-state index in [9.17, 15) is 9.59 Å². The average Bonchev–Trinajstić information content (AvgIpc) is 3.39. The van der Waals surface area contributed by atoms with E-state index in [1.54, 1.807) is 4.57 Å². The third kappa shape index (κ3) is 3.39. The van der Waals surface area contributed by atoms with Crippen LogP contribution in [0, 0.1) is 11.7 Å². The lowest BCUT2D eigenvalue weighted by molar-refractivity contribution is 0.143. The Morgan fingerprint density at radius 2 is 2.10 bits per heavy atom. The Bertz CT molecular complexity index is 1030. The number of anilines is 1. The number of carboxylic acid groups (broad SMARTS) is 1. The molecule has 9 heteroatoms. The van der Waals surface area contributed by atoms with Gasteiger partial charge in [0, 0.05) is 25.2 Å². The number of benzene rings is 1. The number of ether oxygens (including phenoxy) is 2. The normalized spacial score (nSPS) is 20.1. The van der Waals surface area contributed by atoms with Crippen LogP contribution < -0.4 is 25.5 Å². The number of nitrogens with two attached hydrogens (primary N) is 1. The van der Waals surface area contributed by atoms with E-state index in [0.717, 1.165) is 25.3 Å². The second-order valence-corrected chi connectivity index (χ2v) is 7.82. The average molecular weight is 405 g/mol. The molecule has 2 aromatic rings. The van der Waals surface area contributed by atoms with Crippen molar-refractivity contribution in [1.82, 2.24) is 4.57 Å². The van der Waals surface area contributed by atoms with Crippen molar-refractivity contribution in [3.8, 4) is 11.5 Å². The summed E-state index contributed by atoms with van der Waals surface area (Å²) in [7, 11) is 1.44. The highest BCUT2D eigenvalue weighted by Gasteiger charge is 2.33. The fourth-order valence-corrected chi connectivity index (χ4v) is 4.13. The number of carbonyl (C=O) groups is 1. The van der Waals surface area contributed by atoms with Gasteiger partial charge >= 0.3 is 6.16 Å². The fourth-order valence-electron chi connectivity index (χ4n) is 4.13. The van der Waals surface area contributed by atoms with Crippen LogP contribution in [0.15, 0.2) is 17.1 Å². The molecule has 1 saturated carbocycles. The van der Waals surface area contributed by atoms with E-state index in [4.69, 9.17) is 15.6 Å². The molecule has 0 amide bonds. The Hall–Kier alpha value is -2.81. The molecule has 1 aromatic carbocycles. The summed E-state index contributed by atoms with van der Waals surface area (Å²) in [5.41, 5.74) is 6.11. The summed E-state index contributed by atoms with van der Waals surface area (Å²) in [6.07, 6.45) is 2.38. The zero-order chi connectivity index (χ0) is 20.9. The van der Waals surface area contributed by atoms with E-state index in [1.807, 2.05) is 11.8 Å². The van der Waals surface area contributed by atoms with Crippen LogP contribution in [0.4, 0.5) is 14.9 Å². The van der Waals surface area contributed by atoms with Crippen LogP contribution in [0.3, 0.4) is 0 Å². The number of nitrogens with zero attached hydrogens (tertiary/aromatic N) is 2. The quantitative estimate of drug-likeness (QED) is 0.737. The van der Waals surface area contributed by atoms with Gasteiger partial charge in [-0.1, -0.05) is 0 Å². The number of methoxy groups -OCH3 is 1. The maximum Gasteiger partial charge on any atom is 0.511 e. The number of aromatic nitrogens is 1. The summed E-state index contributed by atoms with van der Waals surface area (Å²) >= 11 is 0. The molecule has 0 radical (unpaired) electrons. The summed E-state index contributed by atoms with van der Waals surface area (Å²) < 4.78 is 27.2. The molecule has 1 aliphatic carbocycles. The largest absolute Gasteiger partial charge is 0.511 e. The second kappa shape index (κ2) is 7.22. The van der Waals surface area contributed by atoms with Gasteiger partial charge < -0.3 is 29.8 Å². The molecular weight excluding hydrogens is 381 g/mol. The van der Waals surface area contributed by atoms with Crippen molar-refractivity contribution in [1.29, 1.82) is 0 Å². The van der Waals surface area contributed by atoms with Crippen molar-refractivity contribution in [3.63, 3.8) is 0 Å². The van der Waals surface area contributed by atoms with Crippen LogP contribution in [0.1, 0.15) is 32.2 Å². The highest BCUT2D eigenvalue weighted by atomic mass is 19.1. The van der Waals surface area contributed by atoms with E-state index in [2.05, 4.69) is 4.74 Å². The van der Waals surface area contributed by atoms with Crippen LogP contribution in [0.2, 0.25) is 0 Å². The van der Waals surface area contributed by atoms with Gasteiger partial charge in [-0.3, -0.25) is 4.79 Å². The molecule has 4 rings (SSSR count). The number of hydrogen-bond acceptors (Lipinski definition) is 6. The highest BCUT2D eigenvalue weighted by molar-refractivity contribution is 5.92. The lowest BCUT2D eigenvalue weighted by Crippen LogP contribution is -2.30. The third-order valence-electron chi connectivity index (χ3n) is 5.79. The molecule has 156 valence electrons. The summed E-state index contributed by atoms with van der Waals surface area (Å²) in [5, 5.41) is 8.97. The van der Waals surface area contributed by atoms with Gasteiger partial charge in [-0.05, 0) is 38.2 Å². The van der Waals surface area contributed by atoms with Gasteiger partial charge in [0.2, 0.25) is 5.43 Å². The van der Waals surface area contributed by atoms with E-state index in [1.165, 1.54) is 13.3 Å². The fraction of sp³-hybridized carbons (Fsp3) is 0.500. The van der Waals surface area contributed by atoms with Crippen molar-refractivity contribution in [2.24, 2.45) is 11.7 Å². The molecule has 0 bridgehead atoms. The first-order valence-electron chi connectivity index (χ1n) is 9.68. The first-order chi connectivity index (χ1) is 13.8. The van der Waals surface area contributed by atoms with Crippen LogP contribution >= 0.6 is 0 Å². The number of fused-ring (bicyclic) bond motifs is 1. The van der Waals surface area contributed by atoms with Gasteiger partial charge in [-0.25, -0.2) is 9.18 Å². The summed E-state index contributed by atoms with van der Waals surface area (Å²) in [5.74, 6) is -0.418. The SMILES string of the molecule is COc1c(N2CC[C@@H](C(C)N)C2)c(F)cc2c(=O)c(OC(=O)O)cn(C3CC3)c12. The maximum atomic E-state index is 15.2. The smallest absolute Gasteiger partial charge is 0.492 e. The molecule has 2 aliphatic rings. The first kappa shape index (κ1) is 19.5. The van der Waals surface area contributed by atoms with E-state index >= 15 is 4.39 Å². The van der Waals surface area contributed by atoms with Gasteiger partial charge in [0.15, 0.2) is 17.3 Å². The topological polar surface area (TPSA) is 107 Å². The van der Waals surface area contributed by atoms with Gasteiger partial charge in [-0.15, -0.1) is 0 Å². The Labute approximate surface area is 166 Å². The van der Waals surface area contributed by atoms with Gasteiger partial charge in [-0.2, -0.15) is 0 Å². The number of hydrogen-bond donors (Lipinski definition) is 2. The Morgan fingerprint density at radius 1 is 1.38 bits per heavy atom. The molecule has 0 spiro atoms. The van der Waals surface area contributed by atoms with E-state index < -0.39 is 17.4 Å². The zero-order valence-electron chi connectivity index (χ0n) is 16.4. The minimum atomic E-state index is -1.59. The summed E-state index contributed by atoms with van der Waals surface area (Å²) in [6, 6.07) is 1.23. The molecule has 3 N–H and O–H groups in total. The Kier molecular flexibility index (Phi) is 4.85. The summed E-state index contributed by atoms with van der Waals surface area (Å²) in [4.78, 5) is 25.7. The van der Waals surface area contributed by atoms with Crippen molar-refractivity contribution >= 4 is 22.7 Å². The Balaban J connectivity index is 1.94. The molecule has 8 nitrogen and oxygen atoms in total. The lowest BCUT2D eigenvalue weighted by Gasteiger charge is -2.25. The van der Waals surface area contributed by atoms with Gasteiger partial charge in [0.1, 0.15) is 5.69 Å². The lowest BCUT2D eigenvalue weighted by atomic mass is 10.0. The third-order valence-corrected chi connectivity index (χ3v) is 5.79. The van der Waals surface area contributed by atoms with Gasteiger partial charge in [0.25, 0.3) is 0 Å². The molecule has 1 saturated heterocycles. The molecule has 1 aliphatic heterocycles. The van der Waals surface area contributed by atoms with Crippen LogP contribution in [-0.2, 0) is 0 Å². The minimum absolute atomic E-state index is 0.00474. The van der Waals surface area contributed by atoms with Crippen molar-refractivity contribution in [2.75, 3.05) is 25.1 Å². The minimum Gasteiger partial charge on any atom is -0.492 e. The zero-order valence-corrected chi connectivity index (χ0v) is 16.4. The van der Waals surface area contributed by atoms with E-state index in [-0.39, 0.29) is 34.9 Å². The predicted molar refractivity (Wildman–Crippen MR) is 106 cm³/mol. The number of pyridine rings is 1. The Morgan fingerprint density at radius 3 is 2.66 bits per heavy atom.